The monoisotopic (exact) mass is 408 g/mol. The second-order valence-electron chi connectivity index (χ2n) is 8.07. The Morgan fingerprint density at radius 3 is 2.68 bits per heavy atom. The van der Waals surface area contributed by atoms with Crippen LogP contribution in [0.4, 0.5) is 5.69 Å². The van der Waals surface area contributed by atoms with Crippen molar-refractivity contribution >= 4 is 21.6 Å². The molecule has 1 amide bonds. The van der Waals surface area contributed by atoms with Gasteiger partial charge in [-0.25, -0.2) is 8.42 Å². The number of nitrogens with zero attached hydrogens (tertiary/aromatic N) is 1. The van der Waals surface area contributed by atoms with Gasteiger partial charge in [-0.15, -0.1) is 0 Å². The number of carbonyl (C=O) groups excluding carboxylic acids is 1. The van der Waals surface area contributed by atoms with Gasteiger partial charge in [-0.1, -0.05) is 6.42 Å². The highest BCUT2D eigenvalue weighted by atomic mass is 32.2. The molecule has 8 heteroatoms. The molecule has 1 aliphatic heterocycles. The molecule has 3 fully saturated rings. The van der Waals surface area contributed by atoms with E-state index in [9.17, 15) is 13.2 Å². The van der Waals surface area contributed by atoms with Gasteiger partial charge in [-0.3, -0.25) is 4.79 Å². The minimum Gasteiger partial charge on any atom is -0.495 e. The first-order valence-corrected chi connectivity index (χ1v) is 11.5. The Kier molecular flexibility index (Phi) is 5.62. The van der Waals surface area contributed by atoms with Crippen LogP contribution >= 0.6 is 0 Å². The summed E-state index contributed by atoms with van der Waals surface area (Å²) in [5.41, 5.74) is 0.487. The molecule has 154 valence electrons. The van der Waals surface area contributed by atoms with Crippen LogP contribution in [0.1, 0.15) is 32.1 Å². The second-order valence-corrected chi connectivity index (χ2v) is 9.98. The molecular formula is C20H28N2O5S. The van der Waals surface area contributed by atoms with E-state index in [2.05, 4.69) is 5.32 Å². The fraction of sp³-hybridized carbons (Fsp3) is 0.650. The van der Waals surface area contributed by atoms with Gasteiger partial charge in [0.25, 0.3) is 0 Å². The number of hydrogen-bond donors (Lipinski definition) is 1. The number of fused-ring (bicyclic) bond motifs is 2. The van der Waals surface area contributed by atoms with E-state index in [0.29, 0.717) is 50.2 Å². The topological polar surface area (TPSA) is 84.9 Å². The normalized spacial score (nSPS) is 27.7. The summed E-state index contributed by atoms with van der Waals surface area (Å²) in [7, 11) is -2.27. The van der Waals surface area contributed by atoms with E-state index in [1.54, 1.807) is 12.1 Å². The fourth-order valence-electron chi connectivity index (χ4n) is 4.96. The first-order chi connectivity index (χ1) is 13.5. The van der Waals surface area contributed by atoms with Crippen LogP contribution in [0.25, 0.3) is 0 Å². The molecular weight excluding hydrogens is 380 g/mol. The van der Waals surface area contributed by atoms with Crippen molar-refractivity contribution in [3.8, 4) is 5.75 Å². The van der Waals surface area contributed by atoms with Crippen LogP contribution in [0.2, 0.25) is 0 Å². The summed E-state index contributed by atoms with van der Waals surface area (Å²) < 4.78 is 38.0. The predicted molar refractivity (Wildman–Crippen MR) is 105 cm³/mol. The molecule has 0 radical (unpaired) electrons. The van der Waals surface area contributed by atoms with E-state index < -0.39 is 10.0 Å². The molecule has 0 spiro atoms. The number of morpholine rings is 1. The average molecular weight is 409 g/mol. The van der Waals surface area contributed by atoms with Crippen molar-refractivity contribution in [3.05, 3.63) is 18.2 Å². The number of methoxy groups -OCH3 is 1. The lowest BCUT2D eigenvalue weighted by Gasteiger charge is -2.27. The van der Waals surface area contributed by atoms with Gasteiger partial charge in [0.1, 0.15) is 10.6 Å². The number of rotatable bonds is 6. The van der Waals surface area contributed by atoms with Crippen molar-refractivity contribution in [2.24, 2.45) is 17.8 Å². The van der Waals surface area contributed by atoms with Crippen LogP contribution in [0.3, 0.4) is 0 Å². The number of ether oxygens (including phenoxy) is 2. The van der Waals surface area contributed by atoms with Crippen molar-refractivity contribution in [3.63, 3.8) is 0 Å². The lowest BCUT2D eigenvalue weighted by molar-refractivity contribution is -0.117. The minimum atomic E-state index is -3.72. The highest BCUT2D eigenvalue weighted by molar-refractivity contribution is 7.89. The van der Waals surface area contributed by atoms with E-state index >= 15 is 0 Å². The van der Waals surface area contributed by atoms with Crippen LogP contribution < -0.4 is 10.1 Å². The molecule has 3 aliphatic rings. The van der Waals surface area contributed by atoms with Gasteiger partial charge >= 0.3 is 0 Å². The Bertz CT molecular complexity index is 835. The van der Waals surface area contributed by atoms with Crippen molar-refractivity contribution < 1.29 is 22.7 Å². The van der Waals surface area contributed by atoms with Gasteiger partial charge in [-0.2, -0.15) is 4.31 Å². The summed E-state index contributed by atoms with van der Waals surface area (Å²) in [6.07, 6.45) is 5.48. The average Bonchev–Trinajstić information content (AvgIpc) is 3.31. The molecule has 1 saturated heterocycles. The third kappa shape index (κ3) is 3.90. The molecule has 0 aromatic heterocycles. The van der Waals surface area contributed by atoms with Crippen LogP contribution in [0, 0.1) is 17.8 Å². The highest BCUT2D eigenvalue weighted by Crippen LogP contribution is 2.49. The molecule has 2 saturated carbocycles. The van der Waals surface area contributed by atoms with Crippen molar-refractivity contribution in [2.45, 2.75) is 37.0 Å². The summed E-state index contributed by atoms with van der Waals surface area (Å²) >= 11 is 0. The van der Waals surface area contributed by atoms with Crippen LogP contribution in [0.15, 0.2) is 23.1 Å². The summed E-state index contributed by atoms with van der Waals surface area (Å²) in [5, 5.41) is 2.89. The summed E-state index contributed by atoms with van der Waals surface area (Å²) in [6, 6.07) is 4.79. The smallest absolute Gasteiger partial charge is 0.246 e. The highest BCUT2D eigenvalue weighted by Gasteiger charge is 2.40. The molecule has 4 rings (SSSR count). The lowest BCUT2D eigenvalue weighted by atomic mass is 9.86. The third-order valence-corrected chi connectivity index (χ3v) is 8.29. The molecule has 1 heterocycles. The van der Waals surface area contributed by atoms with Gasteiger partial charge in [0.2, 0.25) is 15.9 Å². The van der Waals surface area contributed by atoms with E-state index in [0.717, 1.165) is 12.3 Å². The van der Waals surface area contributed by atoms with Crippen LogP contribution in [0.5, 0.6) is 5.75 Å². The summed E-state index contributed by atoms with van der Waals surface area (Å²) in [6.45, 7) is 1.38. The lowest BCUT2D eigenvalue weighted by Crippen LogP contribution is -2.40. The van der Waals surface area contributed by atoms with E-state index in [4.69, 9.17) is 9.47 Å². The van der Waals surface area contributed by atoms with Gasteiger partial charge in [0.15, 0.2) is 0 Å². The Morgan fingerprint density at radius 1 is 1.25 bits per heavy atom. The van der Waals surface area contributed by atoms with Gasteiger partial charge in [0, 0.05) is 25.2 Å². The minimum absolute atomic E-state index is 0.0440. The zero-order valence-electron chi connectivity index (χ0n) is 16.2. The van der Waals surface area contributed by atoms with Gasteiger partial charge < -0.3 is 14.8 Å². The maximum absolute atomic E-state index is 13.0. The predicted octanol–water partition coefficient (Wildman–Crippen LogP) is 2.48. The van der Waals surface area contributed by atoms with Crippen molar-refractivity contribution in [1.29, 1.82) is 0 Å². The number of sulfonamides is 1. The summed E-state index contributed by atoms with van der Waals surface area (Å²) in [4.78, 5) is 12.6. The second kappa shape index (κ2) is 8.00. The molecule has 1 aromatic rings. The van der Waals surface area contributed by atoms with Crippen LogP contribution in [-0.4, -0.2) is 52.0 Å². The zero-order valence-corrected chi connectivity index (χ0v) is 17.0. The van der Waals surface area contributed by atoms with E-state index in [-0.39, 0.29) is 16.6 Å². The molecule has 0 unspecified atom stereocenters. The zero-order chi connectivity index (χ0) is 19.7. The first-order valence-electron chi connectivity index (χ1n) is 10.0. The molecule has 2 aliphatic carbocycles. The standard InChI is InChI=1S/C20H28N2O5S/c1-26-18-5-4-17(13-19(18)28(24,25)22-6-8-27-9-7-22)21-20(23)12-16-11-14-2-3-15(16)10-14/h4-5,13-16H,2-3,6-12H2,1H3,(H,21,23)/t14-,15-,16+/m0/s1. The van der Waals surface area contributed by atoms with Crippen LogP contribution in [-0.2, 0) is 19.6 Å². The van der Waals surface area contributed by atoms with E-state index in [1.165, 1.54) is 36.7 Å². The Hall–Kier alpha value is -1.64. The SMILES string of the molecule is COc1ccc(NC(=O)C[C@H]2C[C@H]3CC[C@H]2C3)cc1S(=O)(=O)N1CCOCC1. The largest absolute Gasteiger partial charge is 0.495 e. The summed E-state index contributed by atoms with van der Waals surface area (Å²) in [5.74, 6) is 2.18. The first kappa shape index (κ1) is 19.7. The third-order valence-electron chi connectivity index (χ3n) is 6.37. The number of hydrogen-bond acceptors (Lipinski definition) is 5. The van der Waals surface area contributed by atoms with E-state index in [1.807, 2.05) is 0 Å². The quantitative estimate of drug-likeness (QED) is 0.782. The molecule has 1 N–H and O–H groups in total. The number of amides is 1. The number of anilines is 1. The maximum Gasteiger partial charge on any atom is 0.246 e. The molecule has 2 bridgehead atoms. The van der Waals surface area contributed by atoms with Crippen molar-refractivity contribution in [2.75, 3.05) is 38.7 Å². The molecule has 3 atom stereocenters. The van der Waals surface area contributed by atoms with Gasteiger partial charge in [0.05, 0.1) is 20.3 Å². The maximum atomic E-state index is 13.0. The number of nitrogens with one attached hydrogen (secondary N) is 1. The Balaban J connectivity index is 1.49. The molecule has 28 heavy (non-hydrogen) atoms. The van der Waals surface area contributed by atoms with Crippen molar-refractivity contribution in [1.82, 2.24) is 4.31 Å². The number of benzene rings is 1. The Labute approximate surface area is 166 Å². The Morgan fingerprint density at radius 2 is 2.04 bits per heavy atom. The van der Waals surface area contributed by atoms with Gasteiger partial charge in [-0.05, 0) is 55.2 Å². The number of carbonyl (C=O) groups is 1. The molecule has 1 aromatic carbocycles. The molecule has 7 nitrogen and oxygen atoms in total. The fourth-order valence-corrected chi connectivity index (χ4v) is 6.55.